The second kappa shape index (κ2) is 12.1. The molecule has 2 amide bonds. The van der Waals surface area contributed by atoms with Gasteiger partial charge in [-0.25, -0.2) is 13.9 Å². The van der Waals surface area contributed by atoms with Crippen molar-refractivity contribution in [1.82, 2.24) is 24.5 Å². The summed E-state index contributed by atoms with van der Waals surface area (Å²) >= 11 is 0. The molecular weight excluding hydrogens is 559 g/mol. The first-order valence-corrected chi connectivity index (χ1v) is 12.7. The maximum Gasteiger partial charge on any atom is 0.324 e. The third kappa shape index (κ3) is 6.74. The average molecular weight is 586 g/mol. The molecule has 10 nitrogen and oxygen atoms in total. The quantitative estimate of drug-likeness (QED) is 0.315. The summed E-state index contributed by atoms with van der Waals surface area (Å²) in [5.74, 6) is 0.414. The van der Waals surface area contributed by atoms with Crippen LogP contribution in [0.2, 0.25) is 0 Å². The molecule has 0 spiro atoms. The van der Waals surface area contributed by atoms with Gasteiger partial charge in [-0.15, -0.1) is 0 Å². The van der Waals surface area contributed by atoms with Crippen LogP contribution in [0.25, 0.3) is 16.9 Å². The molecule has 0 aliphatic carbocycles. The van der Waals surface area contributed by atoms with Crippen LogP contribution in [0.5, 0.6) is 11.5 Å². The number of pyridine rings is 1. The number of amides is 2. The van der Waals surface area contributed by atoms with Crippen molar-refractivity contribution in [3.05, 3.63) is 96.3 Å². The van der Waals surface area contributed by atoms with Crippen molar-refractivity contribution in [2.24, 2.45) is 7.05 Å². The van der Waals surface area contributed by atoms with Crippen molar-refractivity contribution in [3.8, 4) is 34.5 Å². The van der Waals surface area contributed by atoms with Crippen LogP contribution >= 0.6 is 0 Å². The smallest absolute Gasteiger partial charge is 0.324 e. The molecule has 12 heteroatoms. The van der Waals surface area contributed by atoms with Crippen LogP contribution in [-0.2, 0) is 12.5 Å². The highest BCUT2D eigenvalue weighted by atomic mass is 35.5. The van der Waals surface area contributed by atoms with Crippen LogP contribution in [0.4, 0.5) is 20.7 Å². The largest absolute Gasteiger partial charge is 1.00 e. The van der Waals surface area contributed by atoms with Crippen LogP contribution in [0.15, 0.2) is 79.3 Å². The van der Waals surface area contributed by atoms with E-state index in [2.05, 4.69) is 31.9 Å². The zero-order valence-electron chi connectivity index (χ0n) is 23.3. The third-order valence-electron chi connectivity index (χ3n) is 6.10. The number of halogens is 2. The first kappa shape index (κ1) is 29.8. The summed E-state index contributed by atoms with van der Waals surface area (Å²) in [6, 6.07) is 17.6. The number of ether oxygens (including phenoxy) is 1. The molecule has 3 aromatic heterocycles. The molecule has 0 bridgehead atoms. The highest BCUT2D eigenvalue weighted by Crippen LogP contribution is 2.29. The summed E-state index contributed by atoms with van der Waals surface area (Å²) in [5, 5.41) is 23.4. The molecule has 0 unspecified atom stereocenters. The number of rotatable bonds is 6. The molecule has 0 aliphatic heterocycles. The Bertz CT molecular complexity index is 1780. The number of anilines is 2. The Labute approximate surface area is 248 Å². The monoisotopic (exact) mass is 585 g/mol. The number of urea groups is 1. The summed E-state index contributed by atoms with van der Waals surface area (Å²) < 4.78 is 24.0. The number of nitriles is 1. The Morgan fingerprint density at radius 3 is 2.52 bits per heavy atom. The number of carbonyl (C=O) groups is 1. The number of aromatic nitrogens is 5. The number of nitrogens with one attached hydrogen (secondary N) is 2. The van der Waals surface area contributed by atoms with Gasteiger partial charge >= 0.3 is 6.03 Å². The molecule has 2 aromatic carbocycles. The van der Waals surface area contributed by atoms with Crippen LogP contribution in [0.1, 0.15) is 32.0 Å². The first-order chi connectivity index (χ1) is 19.6. The van der Waals surface area contributed by atoms with Crippen LogP contribution in [-0.4, -0.2) is 30.6 Å². The topological polar surface area (TPSA) is 123 Å². The van der Waals surface area contributed by atoms with E-state index >= 15 is 0 Å². The van der Waals surface area contributed by atoms with Gasteiger partial charge in [-0.3, -0.25) is 15.0 Å². The van der Waals surface area contributed by atoms with Gasteiger partial charge in [0.15, 0.2) is 0 Å². The Kier molecular flexibility index (Phi) is 8.59. The zero-order chi connectivity index (χ0) is 29.1. The zero-order valence-corrected chi connectivity index (χ0v) is 24.0. The number of carbonyl (C=O) groups excluding carboxylic acids is 1. The second-order valence-corrected chi connectivity index (χ2v) is 10.3. The lowest BCUT2D eigenvalue weighted by atomic mass is 9.92. The Morgan fingerprint density at radius 1 is 1.05 bits per heavy atom. The van der Waals surface area contributed by atoms with Gasteiger partial charge in [0, 0.05) is 48.6 Å². The summed E-state index contributed by atoms with van der Waals surface area (Å²) in [7, 11) is 1.81. The van der Waals surface area contributed by atoms with Gasteiger partial charge in [0.2, 0.25) is 0 Å². The highest BCUT2D eigenvalue weighted by molar-refractivity contribution is 5.99. The van der Waals surface area contributed by atoms with E-state index in [1.54, 1.807) is 70.3 Å². The third-order valence-corrected chi connectivity index (χ3v) is 6.10. The van der Waals surface area contributed by atoms with E-state index in [9.17, 15) is 14.4 Å². The van der Waals surface area contributed by atoms with E-state index in [1.165, 1.54) is 12.1 Å². The van der Waals surface area contributed by atoms with E-state index in [4.69, 9.17) is 4.74 Å². The van der Waals surface area contributed by atoms with Gasteiger partial charge in [-0.1, -0.05) is 26.8 Å². The van der Waals surface area contributed by atoms with Gasteiger partial charge in [-0.2, -0.15) is 15.5 Å². The van der Waals surface area contributed by atoms with Crippen molar-refractivity contribution < 1.29 is 26.3 Å². The highest BCUT2D eigenvalue weighted by Gasteiger charge is 2.22. The predicted octanol–water partition coefficient (Wildman–Crippen LogP) is 3.42. The summed E-state index contributed by atoms with van der Waals surface area (Å²) in [6.45, 7) is 6.00. The molecule has 214 valence electrons. The molecule has 0 atom stereocenters. The number of hydrogen-bond acceptors (Lipinski definition) is 6. The Balaban J connectivity index is 0.00000405. The summed E-state index contributed by atoms with van der Waals surface area (Å²) in [4.78, 5) is 17.3. The Morgan fingerprint density at radius 2 is 1.83 bits per heavy atom. The molecule has 0 fully saturated rings. The van der Waals surface area contributed by atoms with E-state index in [-0.39, 0.29) is 29.3 Å². The van der Waals surface area contributed by atoms with Gasteiger partial charge in [-0.05, 0) is 36.4 Å². The second-order valence-electron chi connectivity index (χ2n) is 10.3. The molecule has 0 radical (unpaired) electrons. The van der Waals surface area contributed by atoms with Crippen LogP contribution in [0.3, 0.4) is 0 Å². The molecule has 42 heavy (non-hydrogen) atoms. The maximum atomic E-state index is 15.0. The Hall–Kier alpha value is -5.21. The van der Waals surface area contributed by atoms with Gasteiger partial charge in [0.05, 0.1) is 40.6 Å². The molecule has 5 aromatic rings. The summed E-state index contributed by atoms with van der Waals surface area (Å²) in [6.07, 6.45) is 5.12. The van der Waals surface area contributed by atoms with E-state index in [0.717, 1.165) is 11.3 Å². The molecular formula is C30H27ClFN8O2-. The first-order valence-electron chi connectivity index (χ1n) is 12.7. The minimum atomic E-state index is -0.676. The van der Waals surface area contributed by atoms with Crippen molar-refractivity contribution >= 4 is 17.5 Å². The average Bonchev–Trinajstić information content (AvgIpc) is 3.57. The number of hydrogen-bond donors (Lipinski definition) is 2. The SMILES string of the molecule is Cn1cc(-c2cc(Oc3ccc(NC(=O)Nc4cc(C(C)(C)C)nn4-c4cccc(C#N)c4)c(F)c3)ccn2)cn1.[Cl-]. The van der Waals surface area contributed by atoms with Crippen molar-refractivity contribution in [1.29, 1.82) is 5.26 Å². The fourth-order valence-corrected chi connectivity index (χ4v) is 3.99. The van der Waals surface area contributed by atoms with Crippen molar-refractivity contribution in [3.63, 3.8) is 0 Å². The fourth-order valence-electron chi connectivity index (χ4n) is 3.99. The summed E-state index contributed by atoms with van der Waals surface area (Å²) in [5.41, 5.74) is 2.93. The molecule has 0 aliphatic rings. The minimum Gasteiger partial charge on any atom is -1.00 e. The lowest BCUT2D eigenvalue weighted by molar-refractivity contribution is -0.0000131. The van der Waals surface area contributed by atoms with Gasteiger partial charge in [0.1, 0.15) is 23.1 Å². The van der Waals surface area contributed by atoms with E-state index in [1.807, 2.05) is 34.0 Å². The number of nitrogens with zero attached hydrogens (tertiary/aromatic N) is 6. The van der Waals surface area contributed by atoms with Crippen molar-refractivity contribution in [2.75, 3.05) is 10.6 Å². The van der Waals surface area contributed by atoms with Gasteiger partial charge in [0.25, 0.3) is 0 Å². The van der Waals surface area contributed by atoms with Crippen LogP contribution < -0.4 is 27.8 Å². The standard InChI is InChI=1S/C30H27FN8O2.ClH/c1-30(2,3)27-15-28(39(37-27)21-7-5-6-19(12-21)16-32)36-29(40)35-25-9-8-22(13-24(25)31)41-23-10-11-33-26(14-23)20-17-34-38(4)18-20;/h5-15,17-18H,1-4H3,(H2,35,36,40);1H/p-1. The normalized spacial score (nSPS) is 10.9. The molecule has 2 N–H and O–H groups in total. The van der Waals surface area contributed by atoms with Gasteiger partial charge < -0.3 is 22.5 Å². The molecule has 3 heterocycles. The van der Waals surface area contributed by atoms with E-state index in [0.29, 0.717) is 28.5 Å². The molecule has 0 saturated carbocycles. The lowest BCUT2D eigenvalue weighted by Gasteiger charge is -2.14. The van der Waals surface area contributed by atoms with Crippen LogP contribution in [0, 0.1) is 17.1 Å². The number of aryl methyl sites for hydroxylation is 1. The molecule has 0 saturated heterocycles. The molecule has 5 rings (SSSR count). The maximum absolute atomic E-state index is 15.0. The fraction of sp³-hybridized carbons (Fsp3) is 0.167. The number of benzene rings is 2. The van der Waals surface area contributed by atoms with E-state index < -0.39 is 11.8 Å². The van der Waals surface area contributed by atoms with Crippen molar-refractivity contribution in [2.45, 2.75) is 26.2 Å². The minimum absolute atomic E-state index is 0. The predicted molar refractivity (Wildman–Crippen MR) is 153 cm³/mol. The lowest BCUT2D eigenvalue weighted by Crippen LogP contribution is -3.00.